The largest absolute Gasteiger partial charge is 0.438 e. The van der Waals surface area contributed by atoms with Crippen LogP contribution in [0.3, 0.4) is 0 Å². The van der Waals surface area contributed by atoms with Gasteiger partial charge in [-0.1, -0.05) is 30.3 Å². The van der Waals surface area contributed by atoms with Crippen LogP contribution in [0.15, 0.2) is 30.3 Å². The molecule has 0 aromatic heterocycles. The average molecular weight is 275 g/mol. The lowest BCUT2D eigenvalue weighted by Gasteiger charge is -2.32. The second kappa shape index (κ2) is 4.48. The summed E-state index contributed by atoms with van der Waals surface area (Å²) in [5.74, 6) is 0. The van der Waals surface area contributed by atoms with Gasteiger partial charge in [-0.25, -0.2) is 4.79 Å². The van der Waals surface area contributed by atoms with Crippen molar-refractivity contribution in [3.63, 3.8) is 0 Å². The Bertz CT molecular complexity index is 496. The molecule has 2 aliphatic rings. The fourth-order valence-electron chi connectivity index (χ4n) is 2.90. The Morgan fingerprint density at radius 3 is 2.40 bits per heavy atom. The molecule has 20 heavy (non-hydrogen) atoms. The van der Waals surface area contributed by atoms with Crippen LogP contribution in [0.2, 0.25) is 0 Å². The summed E-state index contributed by atoms with van der Waals surface area (Å²) in [6.45, 7) is 5.83. The summed E-state index contributed by atoms with van der Waals surface area (Å²) in [4.78, 5) is 12.1. The molecule has 1 aliphatic heterocycles. The summed E-state index contributed by atoms with van der Waals surface area (Å²) in [6.07, 6.45) is 1.64. The van der Waals surface area contributed by atoms with E-state index >= 15 is 0 Å². The number of carbonyl (C=O) groups excluding carboxylic acids is 1. The standard InChI is InChI=1S/C16H21NO3/c1-15(2,3)17-14(18)20-16(9-12-13(10-16)19-12)11-7-5-4-6-8-11/h4-8,12-13H,9-10H2,1-3H3,(H,17,18). The number of nitrogens with one attached hydrogen (secondary N) is 1. The SMILES string of the molecule is CC(C)(C)NC(=O)OC1(c2ccccc2)CC2OC2C1. The van der Waals surface area contributed by atoms with Crippen molar-refractivity contribution in [2.45, 2.75) is 57.0 Å². The van der Waals surface area contributed by atoms with Crippen molar-refractivity contribution < 1.29 is 14.3 Å². The minimum absolute atomic E-state index is 0.248. The van der Waals surface area contributed by atoms with Crippen molar-refractivity contribution in [3.8, 4) is 0 Å². The van der Waals surface area contributed by atoms with Crippen molar-refractivity contribution in [3.05, 3.63) is 35.9 Å². The van der Waals surface area contributed by atoms with E-state index in [2.05, 4.69) is 5.32 Å². The molecule has 2 unspecified atom stereocenters. The zero-order valence-electron chi connectivity index (χ0n) is 12.2. The fraction of sp³-hybridized carbons (Fsp3) is 0.562. The van der Waals surface area contributed by atoms with E-state index < -0.39 is 5.60 Å². The first-order valence-corrected chi connectivity index (χ1v) is 7.10. The molecule has 2 atom stereocenters. The first kappa shape index (κ1) is 13.4. The molecular formula is C16H21NO3. The Balaban J connectivity index is 1.79. The number of carbonyl (C=O) groups is 1. The number of fused-ring (bicyclic) bond motifs is 1. The zero-order chi connectivity index (χ0) is 14.4. The van der Waals surface area contributed by atoms with E-state index in [4.69, 9.17) is 9.47 Å². The van der Waals surface area contributed by atoms with Crippen molar-refractivity contribution in [2.75, 3.05) is 0 Å². The summed E-state index contributed by atoms with van der Waals surface area (Å²) in [5, 5.41) is 2.87. The lowest BCUT2D eigenvalue weighted by atomic mass is 9.91. The van der Waals surface area contributed by atoms with Gasteiger partial charge in [-0.05, 0) is 26.3 Å². The van der Waals surface area contributed by atoms with Gasteiger partial charge in [0.2, 0.25) is 0 Å². The maximum atomic E-state index is 12.1. The van der Waals surface area contributed by atoms with Gasteiger partial charge in [0.1, 0.15) is 5.60 Å². The van der Waals surface area contributed by atoms with Gasteiger partial charge in [0.15, 0.2) is 0 Å². The molecule has 1 saturated carbocycles. The molecule has 1 saturated heterocycles. The Hall–Kier alpha value is -1.55. The second-order valence-corrected chi connectivity index (χ2v) is 6.75. The van der Waals surface area contributed by atoms with Gasteiger partial charge < -0.3 is 14.8 Å². The van der Waals surface area contributed by atoms with Crippen LogP contribution in [0, 0.1) is 0 Å². The van der Waals surface area contributed by atoms with Crippen LogP contribution >= 0.6 is 0 Å². The molecule has 0 spiro atoms. The molecule has 1 amide bonds. The van der Waals surface area contributed by atoms with E-state index in [9.17, 15) is 4.79 Å². The van der Waals surface area contributed by atoms with Gasteiger partial charge in [0, 0.05) is 18.4 Å². The maximum Gasteiger partial charge on any atom is 0.408 e. The molecule has 1 aromatic carbocycles. The topological polar surface area (TPSA) is 50.9 Å². The number of hydrogen-bond donors (Lipinski definition) is 1. The molecule has 1 N–H and O–H groups in total. The molecule has 1 aliphatic carbocycles. The molecule has 3 rings (SSSR count). The summed E-state index contributed by atoms with van der Waals surface area (Å²) >= 11 is 0. The number of epoxide rings is 1. The van der Waals surface area contributed by atoms with E-state index in [1.807, 2.05) is 51.1 Å². The summed E-state index contributed by atoms with van der Waals surface area (Å²) in [6, 6.07) is 9.97. The van der Waals surface area contributed by atoms with Crippen LogP contribution in [0.5, 0.6) is 0 Å². The Kier molecular flexibility index (Phi) is 3.01. The Morgan fingerprint density at radius 2 is 1.85 bits per heavy atom. The van der Waals surface area contributed by atoms with Gasteiger partial charge in [0.25, 0.3) is 0 Å². The average Bonchev–Trinajstić information content (AvgIpc) is 2.96. The molecule has 4 heteroatoms. The van der Waals surface area contributed by atoms with Crippen LogP contribution in [0.25, 0.3) is 0 Å². The highest BCUT2D eigenvalue weighted by molar-refractivity contribution is 5.69. The number of ether oxygens (including phenoxy) is 2. The first-order chi connectivity index (χ1) is 9.38. The lowest BCUT2D eigenvalue weighted by molar-refractivity contribution is -0.0160. The number of hydrogen-bond acceptors (Lipinski definition) is 3. The highest BCUT2D eigenvalue weighted by Gasteiger charge is 2.58. The van der Waals surface area contributed by atoms with Crippen LogP contribution in [0.4, 0.5) is 4.79 Å². The van der Waals surface area contributed by atoms with E-state index in [1.165, 1.54) is 0 Å². The predicted molar refractivity (Wildman–Crippen MR) is 75.4 cm³/mol. The number of alkyl carbamates (subject to hydrolysis) is 1. The fourth-order valence-corrected chi connectivity index (χ4v) is 2.90. The summed E-state index contributed by atoms with van der Waals surface area (Å²) in [7, 11) is 0. The minimum Gasteiger partial charge on any atom is -0.438 e. The van der Waals surface area contributed by atoms with Crippen LogP contribution in [0.1, 0.15) is 39.2 Å². The third-order valence-electron chi connectivity index (χ3n) is 3.81. The normalized spacial score (nSPS) is 31.6. The van der Waals surface area contributed by atoms with E-state index in [1.54, 1.807) is 0 Å². The summed E-state index contributed by atoms with van der Waals surface area (Å²) in [5.41, 5.74) is 0.219. The van der Waals surface area contributed by atoms with Gasteiger partial charge >= 0.3 is 6.09 Å². The highest BCUT2D eigenvalue weighted by atomic mass is 16.6. The Labute approximate surface area is 119 Å². The lowest BCUT2D eigenvalue weighted by Crippen LogP contribution is -2.44. The van der Waals surface area contributed by atoms with Gasteiger partial charge in [-0.15, -0.1) is 0 Å². The van der Waals surface area contributed by atoms with Crippen molar-refractivity contribution in [1.29, 1.82) is 0 Å². The van der Waals surface area contributed by atoms with Crippen molar-refractivity contribution in [1.82, 2.24) is 5.32 Å². The number of rotatable bonds is 2. The van der Waals surface area contributed by atoms with Gasteiger partial charge in [-0.3, -0.25) is 0 Å². The van der Waals surface area contributed by atoms with Crippen molar-refractivity contribution in [2.24, 2.45) is 0 Å². The molecule has 2 fully saturated rings. The summed E-state index contributed by atoms with van der Waals surface area (Å²) < 4.78 is 11.3. The second-order valence-electron chi connectivity index (χ2n) is 6.75. The van der Waals surface area contributed by atoms with Gasteiger partial charge in [-0.2, -0.15) is 0 Å². The molecule has 108 valence electrons. The van der Waals surface area contributed by atoms with E-state index in [-0.39, 0.29) is 23.8 Å². The minimum atomic E-state index is -0.538. The highest BCUT2D eigenvalue weighted by Crippen LogP contribution is 2.52. The predicted octanol–water partition coefficient (Wildman–Crippen LogP) is 2.97. The quantitative estimate of drug-likeness (QED) is 0.844. The van der Waals surface area contributed by atoms with Crippen LogP contribution < -0.4 is 5.32 Å². The molecule has 1 heterocycles. The molecular weight excluding hydrogens is 254 g/mol. The van der Waals surface area contributed by atoms with Crippen LogP contribution in [-0.4, -0.2) is 23.8 Å². The number of benzene rings is 1. The van der Waals surface area contributed by atoms with Crippen molar-refractivity contribution >= 4 is 6.09 Å². The van der Waals surface area contributed by atoms with Crippen LogP contribution in [-0.2, 0) is 15.1 Å². The molecule has 4 nitrogen and oxygen atoms in total. The molecule has 0 bridgehead atoms. The third-order valence-corrected chi connectivity index (χ3v) is 3.81. The monoisotopic (exact) mass is 275 g/mol. The molecule has 1 aromatic rings. The van der Waals surface area contributed by atoms with E-state index in [0.717, 1.165) is 18.4 Å². The first-order valence-electron chi connectivity index (χ1n) is 7.10. The van der Waals surface area contributed by atoms with Gasteiger partial charge in [0.05, 0.1) is 12.2 Å². The molecule has 0 radical (unpaired) electrons. The Morgan fingerprint density at radius 1 is 1.25 bits per heavy atom. The zero-order valence-corrected chi connectivity index (χ0v) is 12.2. The third kappa shape index (κ3) is 2.66. The smallest absolute Gasteiger partial charge is 0.408 e. The maximum absolute atomic E-state index is 12.1. The van der Waals surface area contributed by atoms with E-state index in [0.29, 0.717) is 0 Å². The number of amides is 1.